The molecule has 0 aliphatic rings. The van der Waals surface area contributed by atoms with Crippen LogP contribution in [0.4, 0.5) is 5.69 Å². The average molecular weight is 405 g/mol. The van der Waals surface area contributed by atoms with E-state index in [2.05, 4.69) is 5.32 Å². The molecule has 7 heteroatoms. The fraction of sp³-hybridized carbons (Fsp3) is 0.381. The second-order valence-corrected chi connectivity index (χ2v) is 8.84. The van der Waals surface area contributed by atoms with Gasteiger partial charge in [-0.2, -0.15) is 0 Å². The molecule has 1 N–H and O–H groups in total. The third kappa shape index (κ3) is 4.84. The van der Waals surface area contributed by atoms with Gasteiger partial charge in [-0.05, 0) is 57.0 Å². The first-order valence-electron chi connectivity index (χ1n) is 9.06. The highest BCUT2D eigenvalue weighted by molar-refractivity contribution is 7.92. The molecular formula is C21H28N2O4S. The van der Waals surface area contributed by atoms with E-state index in [1.54, 1.807) is 26.2 Å². The summed E-state index contributed by atoms with van der Waals surface area (Å²) in [5.41, 5.74) is 3.31. The number of hydrogen-bond acceptors (Lipinski definition) is 4. The lowest BCUT2D eigenvalue weighted by Gasteiger charge is -2.30. The number of aryl methyl sites for hydroxylation is 2. The number of methoxy groups -OCH3 is 1. The number of ether oxygens (including phenoxy) is 1. The van der Waals surface area contributed by atoms with Gasteiger partial charge in [-0.3, -0.25) is 9.10 Å². The first kappa shape index (κ1) is 21.8. The van der Waals surface area contributed by atoms with Gasteiger partial charge in [0.15, 0.2) is 0 Å². The summed E-state index contributed by atoms with van der Waals surface area (Å²) in [5.74, 6) is 0.277. The maximum atomic E-state index is 12.9. The number of amides is 1. The van der Waals surface area contributed by atoms with Crippen LogP contribution in [0.2, 0.25) is 0 Å². The molecule has 0 aliphatic carbocycles. The topological polar surface area (TPSA) is 75.7 Å². The van der Waals surface area contributed by atoms with Crippen LogP contribution in [-0.2, 0) is 14.8 Å². The molecule has 152 valence electrons. The third-order valence-electron chi connectivity index (χ3n) is 4.80. The van der Waals surface area contributed by atoms with E-state index in [4.69, 9.17) is 4.74 Å². The average Bonchev–Trinajstić information content (AvgIpc) is 2.63. The molecule has 6 nitrogen and oxygen atoms in total. The molecule has 2 rings (SSSR count). The fourth-order valence-corrected chi connectivity index (χ4v) is 4.27. The lowest BCUT2D eigenvalue weighted by atomic mass is 10.1. The van der Waals surface area contributed by atoms with Crippen molar-refractivity contribution in [1.82, 2.24) is 5.32 Å². The zero-order chi connectivity index (χ0) is 21.1. The molecule has 0 aromatic heterocycles. The van der Waals surface area contributed by atoms with Crippen LogP contribution in [0, 0.1) is 13.8 Å². The number of hydrogen-bond donors (Lipinski definition) is 1. The van der Waals surface area contributed by atoms with Crippen molar-refractivity contribution in [2.75, 3.05) is 17.7 Å². The summed E-state index contributed by atoms with van der Waals surface area (Å²) in [6, 6.07) is 11.5. The van der Waals surface area contributed by atoms with E-state index in [1.165, 1.54) is 0 Å². The largest absolute Gasteiger partial charge is 0.496 e. The van der Waals surface area contributed by atoms with Gasteiger partial charge in [-0.15, -0.1) is 0 Å². The first-order valence-corrected chi connectivity index (χ1v) is 10.9. The number of carbonyl (C=O) groups is 1. The van der Waals surface area contributed by atoms with E-state index >= 15 is 0 Å². The molecule has 1 amide bonds. The van der Waals surface area contributed by atoms with Gasteiger partial charge < -0.3 is 10.1 Å². The molecule has 0 aliphatic heterocycles. The molecule has 0 saturated heterocycles. The van der Waals surface area contributed by atoms with Crippen LogP contribution in [0.1, 0.15) is 36.6 Å². The Morgan fingerprint density at radius 1 is 1.07 bits per heavy atom. The maximum Gasteiger partial charge on any atom is 0.244 e. The second kappa shape index (κ2) is 8.65. The monoisotopic (exact) mass is 404 g/mol. The summed E-state index contributed by atoms with van der Waals surface area (Å²) in [6.07, 6.45) is 1.11. The number of carbonyl (C=O) groups excluding carboxylic acids is 1. The Morgan fingerprint density at radius 3 is 2.29 bits per heavy atom. The maximum absolute atomic E-state index is 12.9. The van der Waals surface area contributed by atoms with Gasteiger partial charge in [0, 0.05) is 5.56 Å². The van der Waals surface area contributed by atoms with Crippen LogP contribution < -0.4 is 14.4 Å². The van der Waals surface area contributed by atoms with Crippen LogP contribution >= 0.6 is 0 Å². The van der Waals surface area contributed by atoms with E-state index in [-0.39, 0.29) is 11.9 Å². The fourth-order valence-electron chi connectivity index (χ4n) is 3.11. The van der Waals surface area contributed by atoms with E-state index in [0.29, 0.717) is 11.4 Å². The number of nitrogens with zero attached hydrogens (tertiary/aromatic N) is 1. The van der Waals surface area contributed by atoms with Gasteiger partial charge in [-0.1, -0.05) is 24.3 Å². The minimum atomic E-state index is -3.66. The van der Waals surface area contributed by atoms with Gasteiger partial charge in [-0.25, -0.2) is 8.42 Å². The number of rotatable bonds is 7. The van der Waals surface area contributed by atoms with Crippen molar-refractivity contribution in [2.45, 2.75) is 39.8 Å². The summed E-state index contributed by atoms with van der Waals surface area (Å²) >= 11 is 0. The number of para-hydroxylation sites is 1. The van der Waals surface area contributed by atoms with Crippen LogP contribution in [0.3, 0.4) is 0 Å². The lowest BCUT2D eigenvalue weighted by Crippen LogP contribution is -2.48. The number of benzene rings is 2. The zero-order valence-corrected chi connectivity index (χ0v) is 18.0. The van der Waals surface area contributed by atoms with Crippen LogP contribution in [0.5, 0.6) is 5.75 Å². The Bertz CT molecular complexity index is 957. The normalized spacial score (nSPS) is 13.5. The summed E-state index contributed by atoms with van der Waals surface area (Å²) in [4.78, 5) is 12.9. The number of sulfonamides is 1. The summed E-state index contributed by atoms with van der Waals surface area (Å²) in [7, 11) is -2.09. The van der Waals surface area contributed by atoms with Gasteiger partial charge >= 0.3 is 0 Å². The van der Waals surface area contributed by atoms with Crippen molar-refractivity contribution in [2.24, 2.45) is 0 Å². The minimum Gasteiger partial charge on any atom is -0.496 e. The zero-order valence-electron chi connectivity index (χ0n) is 17.2. The van der Waals surface area contributed by atoms with Crippen molar-refractivity contribution in [3.63, 3.8) is 0 Å². The number of nitrogens with one attached hydrogen (secondary N) is 1. The quantitative estimate of drug-likeness (QED) is 0.768. The predicted octanol–water partition coefficient (Wildman–Crippen LogP) is 3.34. The molecule has 2 aromatic rings. The molecule has 28 heavy (non-hydrogen) atoms. The Morgan fingerprint density at radius 2 is 1.71 bits per heavy atom. The van der Waals surface area contributed by atoms with Gasteiger partial charge in [0.05, 0.1) is 25.1 Å². The van der Waals surface area contributed by atoms with Crippen molar-refractivity contribution in [3.05, 3.63) is 59.2 Å². The molecule has 0 unspecified atom stereocenters. The van der Waals surface area contributed by atoms with Crippen molar-refractivity contribution < 1.29 is 17.9 Å². The Labute approximate surface area is 167 Å². The lowest BCUT2D eigenvalue weighted by molar-refractivity contribution is -0.122. The SMILES string of the molecule is COc1ccccc1[C@@H](C)NC(=O)[C@@H](C)N(c1ccc(C)c(C)c1)S(C)(=O)=O. The Kier molecular flexibility index (Phi) is 6.72. The van der Waals surface area contributed by atoms with E-state index in [1.807, 2.05) is 51.1 Å². The second-order valence-electron chi connectivity index (χ2n) is 6.98. The molecule has 2 atom stereocenters. The predicted molar refractivity (Wildman–Crippen MR) is 112 cm³/mol. The van der Waals surface area contributed by atoms with E-state index in [9.17, 15) is 13.2 Å². The highest BCUT2D eigenvalue weighted by atomic mass is 32.2. The van der Waals surface area contributed by atoms with Crippen LogP contribution in [0.25, 0.3) is 0 Å². The minimum absolute atomic E-state index is 0.340. The molecule has 0 fully saturated rings. The summed E-state index contributed by atoms with van der Waals surface area (Å²) in [6.45, 7) is 7.28. The highest BCUT2D eigenvalue weighted by Gasteiger charge is 2.30. The van der Waals surface area contributed by atoms with E-state index in [0.717, 1.165) is 27.3 Å². The standard InChI is InChI=1S/C21H28N2O4S/c1-14-11-12-18(13-15(14)2)23(28(6,25)26)17(4)21(24)22-16(3)19-9-7-8-10-20(19)27-5/h7-13,16-17H,1-6H3,(H,22,24)/t16-,17-/m1/s1. The number of anilines is 1. The first-order chi connectivity index (χ1) is 13.1. The molecule has 0 spiro atoms. The molecule has 0 bridgehead atoms. The third-order valence-corrected chi connectivity index (χ3v) is 6.04. The Balaban J connectivity index is 2.30. The van der Waals surface area contributed by atoms with Crippen molar-refractivity contribution >= 4 is 21.6 Å². The van der Waals surface area contributed by atoms with Crippen molar-refractivity contribution in [1.29, 1.82) is 0 Å². The smallest absolute Gasteiger partial charge is 0.244 e. The molecular weight excluding hydrogens is 376 g/mol. The molecule has 0 heterocycles. The van der Waals surface area contributed by atoms with Gasteiger partial charge in [0.1, 0.15) is 11.8 Å². The summed E-state index contributed by atoms with van der Waals surface area (Å²) in [5, 5.41) is 2.89. The molecule has 0 saturated carbocycles. The Hall–Kier alpha value is -2.54. The van der Waals surface area contributed by atoms with Gasteiger partial charge in [0.2, 0.25) is 15.9 Å². The van der Waals surface area contributed by atoms with E-state index < -0.39 is 16.1 Å². The van der Waals surface area contributed by atoms with Crippen molar-refractivity contribution in [3.8, 4) is 5.75 Å². The molecule has 0 radical (unpaired) electrons. The van der Waals surface area contributed by atoms with Crippen LogP contribution in [0.15, 0.2) is 42.5 Å². The molecule has 2 aromatic carbocycles. The summed E-state index contributed by atoms with van der Waals surface area (Å²) < 4.78 is 31.4. The van der Waals surface area contributed by atoms with Crippen LogP contribution in [-0.4, -0.2) is 33.7 Å². The highest BCUT2D eigenvalue weighted by Crippen LogP contribution is 2.26. The van der Waals surface area contributed by atoms with Gasteiger partial charge in [0.25, 0.3) is 0 Å².